The van der Waals surface area contributed by atoms with Crippen molar-refractivity contribution in [1.29, 1.82) is 0 Å². The summed E-state index contributed by atoms with van der Waals surface area (Å²) in [5.74, 6) is -1.22. The van der Waals surface area contributed by atoms with Crippen molar-refractivity contribution in [3.8, 4) is 22.6 Å². The molecule has 0 bridgehead atoms. The van der Waals surface area contributed by atoms with E-state index in [-0.39, 0.29) is 59.5 Å². The van der Waals surface area contributed by atoms with Crippen LogP contribution in [0.1, 0.15) is 30.9 Å². The third-order valence-corrected chi connectivity index (χ3v) is 8.76. The number of rotatable bonds is 14. The number of sulfonamides is 1. The van der Waals surface area contributed by atoms with Gasteiger partial charge in [-0.3, -0.25) is 0 Å². The smallest absolute Gasteiger partial charge is 0.344 e. The maximum absolute atomic E-state index is 12.9. The molecule has 0 heterocycles. The van der Waals surface area contributed by atoms with E-state index in [0.29, 0.717) is 23.1 Å². The van der Waals surface area contributed by atoms with Gasteiger partial charge in [0, 0.05) is 23.9 Å². The summed E-state index contributed by atoms with van der Waals surface area (Å²) in [4.78, 5) is 11.8. The van der Waals surface area contributed by atoms with Crippen LogP contribution in [0.2, 0.25) is 0 Å². The lowest BCUT2D eigenvalue weighted by atomic mass is 10.0. The summed E-state index contributed by atoms with van der Waals surface area (Å²) >= 11 is 0. The minimum absolute atomic E-state index is 0. The van der Waals surface area contributed by atoms with Gasteiger partial charge >= 0.3 is 5.97 Å². The predicted octanol–water partition coefficient (Wildman–Crippen LogP) is 2.40. The fourth-order valence-electron chi connectivity index (χ4n) is 3.94. The van der Waals surface area contributed by atoms with E-state index >= 15 is 0 Å². The molecule has 0 aromatic heterocycles. The Bertz CT molecular complexity index is 1680. The number of halogens is 1. The molecule has 0 fully saturated rings. The number of hydrogen-bond donors (Lipinski definition) is 4. The zero-order valence-corrected chi connectivity index (χ0v) is 26.5. The predicted molar refractivity (Wildman–Crippen MR) is 167 cm³/mol. The third kappa shape index (κ3) is 10.1. The second-order valence-corrected chi connectivity index (χ2v) is 13.0. The molecule has 0 saturated heterocycles. The first-order valence-corrected chi connectivity index (χ1v) is 16.3. The Morgan fingerprint density at radius 1 is 1.02 bits per heavy atom. The lowest BCUT2D eigenvalue weighted by Crippen LogP contribution is -2.27. The molecule has 242 valence electrons. The Labute approximate surface area is 262 Å². The van der Waals surface area contributed by atoms with Crippen molar-refractivity contribution in [1.82, 2.24) is 4.72 Å². The monoisotopic (exact) mass is 673 g/mol. The van der Waals surface area contributed by atoms with Crippen molar-refractivity contribution < 1.29 is 46.9 Å². The van der Waals surface area contributed by atoms with Gasteiger partial charge < -0.3 is 31.0 Å². The molecule has 7 N–H and O–H groups in total. The standard InChI is InChI=1S/C28H33N3O9S2.ClH.H2O/c1-3-4-15-39-27(33)18-40-24-16-20(22-7-5-6-8-25(22)41(2,35)36)10-9-19(24)13-14-30-42(37,38)26-17-21(28(29)31-34)11-12-23(26)32;;/h5-12,16-17,30,32,34H,3-4,13-15,18H2,1-2H3,(H2,29,31);1H;1H2. The Kier molecular flexibility index (Phi) is 14.6. The van der Waals surface area contributed by atoms with Gasteiger partial charge in [0.1, 0.15) is 16.4 Å². The summed E-state index contributed by atoms with van der Waals surface area (Å²) in [6.45, 7) is 1.67. The fourth-order valence-corrected chi connectivity index (χ4v) is 6.01. The molecule has 0 aliphatic heterocycles. The Balaban J connectivity index is 0.00000484. The maximum atomic E-state index is 12.9. The van der Waals surface area contributed by atoms with Crippen LogP contribution in [-0.4, -0.2) is 70.4 Å². The number of esters is 1. The first-order valence-electron chi connectivity index (χ1n) is 12.9. The van der Waals surface area contributed by atoms with E-state index in [1.54, 1.807) is 36.4 Å². The zero-order valence-electron chi connectivity index (χ0n) is 24.0. The maximum Gasteiger partial charge on any atom is 0.344 e. The first kappa shape index (κ1) is 38.1. The van der Waals surface area contributed by atoms with Gasteiger partial charge in [0.2, 0.25) is 10.0 Å². The molecule has 0 atom stereocenters. The highest BCUT2D eigenvalue weighted by Gasteiger charge is 2.21. The van der Waals surface area contributed by atoms with Gasteiger partial charge in [0.05, 0.1) is 11.5 Å². The molecule has 16 heteroatoms. The SMILES string of the molecule is CCCCOC(=O)COc1cc(-c2ccccc2S(C)(=O)=O)ccc1CCNS(=O)(=O)c1cc(/C(N)=N/O)ccc1O.Cl.O. The van der Waals surface area contributed by atoms with Crippen LogP contribution >= 0.6 is 12.4 Å². The van der Waals surface area contributed by atoms with Gasteiger partial charge in [0.15, 0.2) is 22.3 Å². The van der Waals surface area contributed by atoms with E-state index in [2.05, 4.69) is 9.88 Å². The van der Waals surface area contributed by atoms with E-state index in [0.717, 1.165) is 24.8 Å². The van der Waals surface area contributed by atoms with Crippen molar-refractivity contribution in [2.75, 3.05) is 26.0 Å². The Hall–Kier alpha value is -3.89. The number of benzene rings is 3. The number of carbonyl (C=O) groups excluding carboxylic acids is 1. The normalized spacial score (nSPS) is 11.6. The van der Waals surface area contributed by atoms with Crippen LogP contribution < -0.4 is 15.2 Å². The summed E-state index contributed by atoms with van der Waals surface area (Å²) in [6.07, 6.45) is 2.76. The molecule has 0 radical (unpaired) electrons. The Morgan fingerprint density at radius 2 is 1.73 bits per heavy atom. The van der Waals surface area contributed by atoms with Gasteiger partial charge in [0.25, 0.3) is 0 Å². The summed E-state index contributed by atoms with van der Waals surface area (Å²) in [5, 5.41) is 21.9. The number of hydrogen-bond acceptors (Lipinski definition) is 10. The van der Waals surface area contributed by atoms with Crippen molar-refractivity contribution >= 4 is 44.1 Å². The van der Waals surface area contributed by atoms with E-state index in [1.807, 2.05) is 6.92 Å². The van der Waals surface area contributed by atoms with Crippen molar-refractivity contribution in [2.45, 2.75) is 36.0 Å². The summed E-state index contributed by atoms with van der Waals surface area (Å²) < 4.78 is 63.9. The molecule has 13 nitrogen and oxygen atoms in total. The van der Waals surface area contributed by atoms with Gasteiger partial charge in [-0.05, 0) is 54.3 Å². The molecule has 0 aliphatic rings. The van der Waals surface area contributed by atoms with E-state index < -0.39 is 43.1 Å². The molecule has 0 aliphatic carbocycles. The topological polar surface area (TPSA) is 226 Å². The number of carbonyl (C=O) groups is 1. The average Bonchev–Trinajstić information content (AvgIpc) is 2.96. The Morgan fingerprint density at radius 3 is 2.39 bits per heavy atom. The van der Waals surface area contributed by atoms with Crippen LogP contribution in [0, 0.1) is 0 Å². The molecular weight excluding hydrogens is 638 g/mol. The third-order valence-electron chi connectivity index (χ3n) is 6.11. The molecule has 3 aromatic carbocycles. The zero-order chi connectivity index (χ0) is 30.9. The van der Waals surface area contributed by atoms with E-state index in [1.165, 1.54) is 12.1 Å². The minimum atomic E-state index is -4.22. The van der Waals surface area contributed by atoms with Crippen LogP contribution in [0.3, 0.4) is 0 Å². The largest absolute Gasteiger partial charge is 0.507 e. The van der Waals surface area contributed by atoms with Gasteiger partial charge in [-0.15, -0.1) is 12.4 Å². The second-order valence-electron chi connectivity index (χ2n) is 9.27. The lowest BCUT2D eigenvalue weighted by Gasteiger charge is -2.15. The fraction of sp³-hybridized carbons (Fsp3) is 0.286. The molecule has 0 unspecified atom stereocenters. The second kappa shape index (κ2) is 16.8. The van der Waals surface area contributed by atoms with Gasteiger partial charge in [-0.1, -0.05) is 48.8 Å². The molecule has 0 amide bonds. The summed E-state index contributed by atoms with van der Waals surface area (Å²) in [5.41, 5.74) is 7.10. The minimum Gasteiger partial charge on any atom is -0.507 e. The van der Waals surface area contributed by atoms with Crippen molar-refractivity contribution in [3.63, 3.8) is 0 Å². The number of sulfone groups is 1. The number of nitrogens with two attached hydrogens (primary N) is 1. The van der Waals surface area contributed by atoms with Gasteiger partial charge in [-0.25, -0.2) is 26.4 Å². The number of phenolic OH excluding ortho intramolecular Hbond substituents is 1. The number of oxime groups is 1. The number of aromatic hydroxyl groups is 1. The number of unbranched alkanes of at least 4 members (excludes halogenated alkanes) is 1. The summed E-state index contributed by atoms with van der Waals surface area (Å²) in [7, 11) is -7.78. The highest BCUT2D eigenvalue weighted by atomic mass is 35.5. The van der Waals surface area contributed by atoms with Crippen molar-refractivity contribution in [3.05, 3.63) is 71.8 Å². The summed E-state index contributed by atoms with van der Waals surface area (Å²) in [6, 6.07) is 14.8. The van der Waals surface area contributed by atoms with Crippen molar-refractivity contribution in [2.24, 2.45) is 10.9 Å². The molecular formula is C28H36ClN3O10S2. The highest BCUT2D eigenvalue weighted by molar-refractivity contribution is 7.91. The van der Waals surface area contributed by atoms with Crippen LogP contribution in [0.15, 0.2) is 75.6 Å². The van der Waals surface area contributed by atoms with Gasteiger partial charge in [-0.2, -0.15) is 0 Å². The number of nitrogens with one attached hydrogen (secondary N) is 1. The van der Waals surface area contributed by atoms with E-state index in [4.69, 9.17) is 20.4 Å². The molecule has 3 rings (SSSR count). The lowest BCUT2D eigenvalue weighted by molar-refractivity contribution is -0.146. The molecule has 44 heavy (non-hydrogen) atoms. The molecule has 0 saturated carbocycles. The highest BCUT2D eigenvalue weighted by Crippen LogP contribution is 2.32. The first-order chi connectivity index (χ1) is 19.9. The van der Waals surface area contributed by atoms with E-state index in [9.17, 15) is 26.7 Å². The molecule has 3 aromatic rings. The van der Waals surface area contributed by atoms with Crippen LogP contribution in [0.4, 0.5) is 0 Å². The van der Waals surface area contributed by atoms with Crippen LogP contribution in [0.25, 0.3) is 11.1 Å². The number of ether oxygens (including phenoxy) is 2. The van der Waals surface area contributed by atoms with Crippen LogP contribution in [0.5, 0.6) is 11.5 Å². The number of amidine groups is 1. The molecule has 0 spiro atoms. The number of phenols is 1. The van der Waals surface area contributed by atoms with Crippen LogP contribution in [-0.2, 0) is 35.8 Å². The quantitative estimate of drug-likeness (QED) is 0.0488. The number of nitrogens with zero attached hydrogens (tertiary/aromatic N) is 1. The average molecular weight is 674 g/mol.